The molecular weight excluding hydrogens is 380 g/mol. The number of sulfonamides is 1. The van der Waals surface area contributed by atoms with Gasteiger partial charge in [-0.1, -0.05) is 31.2 Å². The van der Waals surface area contributed by atoms with Crippen LogP contribution in [0.5, 0.6) is 5.75 Å². The van der Waals surface area contributed by atoms with Crippen LogP contribution in [0.2, 0.25) is 0 Å². The minimum Gasteiger partial charge on any atom is -0.497 e. The number of benzene rings is 2. The molecule has 1 N–H and O–H groups in total. The molecule has 7 nitrogen and oxygen atoms in total. The Balaban J connectivity index is 1.64. The van der Waals surface area contributed by atoms with Crippen LogP contribution in [0.15, 0.2) is 53.4 Å². The van der Waals surface area contributed by atoms with Crippen molar-refractivity contribution in [1.29, 1.82) is 0 Å². The number of carbonyl (C=O) groups excluding carboxylic acids is 2. The number of nitrogens with zero attached hydrogens (tertiary/aromatic N) is 1. The van der Waals surface area contributed by atoms with Gasteiger partial charge in [-0.3, -0.25) is 9.59 Å². The first-order valence-corrected chi connectivity index (χ1v) is 10.4. The molecule has 1 aliphatic heterocycles. The van der Waals surface area contributed by atoms with Gasteiger partial charge in [0.15, 0.2) is 0 Å². The van der Waals surface area contributed by atoms with E-state index in [0.29, 0.717) is 6.42 Å². The fourth-order valence-electron chi connectivity index (χ4n) is 3.18. The molecule has 28 heavy (non-hydrogen) atoms. The maximum atomic E-state index is 12.5. The summed E-state index contributed by atoms with van der Waals surface area (Å²) in [4.78, 5) is 24.8. The normalized spacial score (nSPS) is 15.8. The molecular formula is C20H22N2O5S. The van der Waals surface area contributed by atoms with E-state index in [1.54, 1.807) is 19.2 Å². The summed E-state index contributed by atoms with van der Waals surface area (Å²) in [5, 5.41) is 2.90. The molecule has 8 heteroatoms. The standard InChI is InChI=1S/C20H22N2O5S/c1-3-17(14-8-10-15(27-2)11-9-14)21-19(23)12-13-22-20(24)16-6-4-5-7-18(16)28(22,25)26/h4-11,17H,3,12-13H2,1-2H3,(H,21,23)/t17-/m1/s1. The number of hydrogen-bond acceptors (Lipinski definition) is 5. The Morgan fingerprint density at radius 3 is 2.43 bits per heavy atom. The Bertz CT molecular complexity index is 986. The first-order chi connectivity index (χ1) is 13.4. The fourth-order valence-corrected chi connectivity index (χ4v) is 4.75. The maximum Gasteiger partial charge on any atom is 0.269 e. The van der Waals surface area contributed by atoms with E-state index in [2.05, 4.69) is 5.32 Å². The summed E-state index contributed by atoms with van der Waals surface area (Å²) in [5.74, 6) is -0.186. The van der Waals surface area contributed by atoms with Gasteiger partial charge in [0, 0.05) is 13.0 Å². The summed E-state index contributed by atoms with van der Waals surface area (Å²) >= 11 is 0. The van der Waals surface area contributed by atoms with E-state index < -0.39 is 15.9 Å². The molecule has 0 unspecified atom stereocenters. The predicted octanol–water partition coefficient (Wildman–Crippen LogP) is 2.50. The van der Waals surface area contributed by atoms with Crippen LogP contribution >= 0.6 is 0 Å². The molecule has 148 valence electrons. The molecule has 0 saturated carbocycles. The molecule has 0 saturated heterocycles. The SMILES string of the molecule is CC[C@@H](NC(=O)CCN1C(=O)c2ccccc2S1(=O)=O)c1ccc(OC)cc1. The number of methoxy groups -OCH3 is 1. The molecule has 1 atom stereocenters. The molecule has 0 aromatic heterocycles. The van der Waals surface area contributed by atoms with Crippen molar-refractivity contribution >= 4 is 21.8 Å². The highest BCUT2D eigenvalue weighted by atomic mass is 32.2. The number of carbonyl (C=O) groups is 2. The van der Waals surface area contributed by atoms with Gasteiger partial charge in [-0.15, -0.1) is 0 Å². The molecule has 3 rings (SSSR count). The number of amides is 2. The first kappa shape index (κ1) is 19.9. The smallest absolute Gasteiger partial charge is 0.269 e. The second kappa shape index (κ2) is 8.02. The van der Waals surface area contributed by atoms with E-state index in [1.165, 1.54) is 12.1 Å². The van der Waals surface area contributed by atoms with Crippen LogP contribution in [0.25, 0.3) is 0 Å². The summed E-state index contributed by atoms with van der Waals surface area (Å²) in [5.41, 5.74) is 1.07. The van der Waals surface area contributed by atoms with Crippen molar-refractivity contribution in [3.63, 3.8) is 0 Å². The molecule has 1 aliphatic rings. The van der Waals surface area contributed by atoms with Crippen molar-refractivity contribution in [3.05, 3.63) is 59.7 Å². The van der Waals surface area contributed by atoms with Crippen LogP contribution in [0.1, 0.15) is 41.7 Å². The lowest BCUT2D eigenvalue weighted by molar-refractivity contribution is -0.121. The lowest BCUT2D eigenvalue weighted by Gasteiger charge is -2.19. The first-order valence-electron chi connectivity index (χ1n) is 8.98. The highest BCUT2D eigenvalue weighted by Gasteiger charge is 2.40. The molecule has 0 radical (unpaired) electrons. The van der Waals surface area contributed by atoms with Crippen molar-refractivity contribution < 1.29 is 22.7 Å². The Kier molecular flexibility index (Phi) is 5.69. The Morgan fingerprint density at radius 2 is 1.82 bits per heavy atom. The molecule has 1 heterocycles. The Labute approximate surface area is 164 Å². The second-order valence-corrected chi connectivity index (χ2v) is 8.26. The molecule has 2 amide bonds. The average molecular weight is 402 g/mol. The summed E-state index contributed by atoms with van der Waals surface area (Å²) in [6.07, 6.45) is 0.566. The predicted molar refractivity (Wildman–Crippen MR) is 103 cm³/mol. The van der Waals surface area contributed by atoms with E-state index >= 15 is 0 Å². The minimum atomic E-state index is -3.90. The van der Waals surface area contributed by atoms with Gasteiger partial charge in [0.1, 0.15) is 10.6 Å². The van der Waals surface area contributed by atoms with E-state index in [1.807, 2.05) is 31.2 Å². The van der Waals surface area contributed by atoms with Gasteiger partial charge in [-0.05, 0) is 36.2 Å². The van der Waals surface area contributed by atoms with E-state index in [0.717, 1.165) is 15.6 Å². The van der Waals surface area contributed by atoms with Gasteiger partial charge < -0.3 is 10.1 Å². The van der Waals surface area contributed by atoms with Crippen LogP contribution in [-0.2, 0) is 14.8 Å². The molecule has 2 aromatic carbocycles. The monoisotopic (exact) mass is 402 g/mol. The van der Waals surface area contributed by atoms with Crippen molar-refractivity contribution in [2.75, 3.05) is 13.7 Å². The summed E-state index contributed by atoms with van der Waals surface area (Å²) in [7, 11) is -2.31. The summed E-state index contributed by atoms with van der Waals surface area (Å²) < 4.78 is 31.0. The van der Waals surface area contributed by atoms with E-state index in [4.69, 9.17) is 4.74 Å². The van der Waals surface area contributed by atoms with Crippen LogP contribution < -0.4 is 10.1 Å². The Hall–Kier alpha value is -2.87. The minimum absolute atomic E-state index is 0.00919. The fraction of sp³-hybridized carbons (Fsp3) is 0.300. The molecule has 2 aromatic rings. The lowest BCUT2D eigenvalue weighted by Crippen LogP contribution is -2.35. The number of ether oxygens (including phenoxy) is 1. The van der Waals surface area contributed by atoms with Gasteiger partial charge in [-0.25, -0.2) is 12.7 Å². The number of hydrogen-bond donors (Lipinski definition) is 1. The maximum absolute atomic E-state index is 12.5. The highest BCUT2D eigenvalue weighted by Crippen LogP contribution is 2.30. The third-order valence-corrected chi connectivity index (χ3v) is 6.56. The van der Waals surface area contributed by atoms with Crippen LogP contribution in [0, 0.1) is 0 Å². The molecule has 0 aliphatic carbocycles. The van der Waals surface area contributed by atoms with Gasteiger partial charge in [0.25, 0.3) is 15.9 Å². The van der Waals surface area contributed by atoms with Crippen molar-refractivity contribution in [2.24, 2.45) is 0 Å². The van der Waals surface area contributed by atoms with Crippen molar-refractivity contribution in [1.82, 2.24) is 9.62 Å². The second-order valence-electron chi connectivity index (χ2n) is 6.43. The highest BCUT2D eigenvalue weighted by molar-refractivity contribution is 7.90. The van der Waals surface area contributed by atoms with Gasteiger partial charge in [0.2, 0.25) is 5.91 Å². The zero-order valence-corrected chi connectivity index (χ0v) is 16.5. The zero-order chi connectivity index (χ0) is 20.3. The van der Waals surface area contributed by atoms with Crippen molar-refractivity contribution in [2.45, 2.75) is 30.7 Å². The van der Waals surface area contributed by atoms with Gasteiger partial charge in [-0.2, -0.15) is 0 Å². The summed E-state index contributed by atoms with van der Waals surface area (Å²) in [6, 6.07) is 13.2. The molecule has 0 spiro atoms. The largest absolute Gasteiger partial charge is 0.497 e. The molecule has 0 fully saturated rings. The van der Waals surface area contributed by atoms with Crippen molar-refractivity contribution in [3.8, 4) is 5.75 Å². The van der Waals surface area contributed by atoms with Crippen LogP contribution in [-0.4, -0.2) is 38.2 Å². The number of nitrogens with one attached hydrogen (secondary N) is 1. The van der Waals surface area contributed by atoms with Gasteiger partial charge >= 0.3 is 0 Å². The number of rotatable bonds is 7. The Morgan fingerprint density at radius 1 is 1.14 bits per heavy atom. The quantitative estimate of drug-likeness (QED) is 0.768. The number of fused-ring (bicyclic) bond motifs is 1. The molecule has 0 bridgehead atoms. The van der Waals surface area contributed by atoms with Crippen LogP contribution in [0.4, 0.5) is 0 Å². The van der Waals surface area contributed by atoms with E-state index in [-0.39, 0.29) is 35.4 Å². The topological polar surface area (TPSA) is 92.8 Å². The zero-order valence-electron chi connectivity index (χ0n) is 15.7. The van der Waals surface area contributed by atoms with E-state index in [9.17, 15) is 18.0 Å². The third-order valence-electron chi connectivity index (χ3n) is 4.72. The average Bonchev–Trinajstić information content (AvgIpc) is 2.90. The van der Waals surface area contributed by atoms with Crippen LogP contribution in [0.3, 0.4) is 0 Å². The lowest BCUT2D eigenvalue weighted by atomic mass is 10.0. The third kappa shape index (κ3) is 3.73. The van der Waals surface area contributed by atoms with Gasteiger partial charge in [0.05, 0.1) is 18.7 Å². The summed E-state index contributed by atoms with van der Waals surface area (Å²) in [6.45, 7) is 1.75.